The predicted molar refractivity (Wildman–Crippen MR) is 76.7 cm³/mol. The normalized spacial score (nSPS) is 10.1. The summed E-state index contributed by atoms with van der Waals surface area (Å²) in [7, 11) is 2.93. The molecule has 7 heteroatoms. The molecule has 1 N–H and O–H groups in total. The number of pyridine rings is 1. The van der Waals surface area contributed by atoms with Crippen molar-refractivity contribution < 1.29 is 18.7 Å². The first-order chi connectivity index (χ1) is 10.1. The number of methoxy groups -OCH3 is 2. The Morgan fingerprint density at radius 1 is 1.29 bits per heavy atom. The molecule has 0 atom stereocenters. The Bertz CT molecular complexity index is 679. The summed E-state index contributed by atoms with van der Waals surface area (Å²) >= 11 is 6.05. The first-order valence-electron chi connectivity index (χ1n) is 5.89. The smallest absolute Gasteiger partial charge is 0.258 e. The lowest BCUT2D eigenvalue weighted by Crippen LogP contribution is -2.14. The fourth-order valence-corrected chi connectivity index (χ4v) is 1.90. The van der Waals surface area contributed by atoms with Crippen LogP contribution in [0.2, 0.25) is 5.02 Å². The average molecular weight is 311 g/mol. The molecule has 0 bridgehead atoms. The molecule has 1 heterocycles. The highest BCUT2D eigenvalue weighted by Gasteiger charge is 2.15. The van der Waals surface area contributed by atoms with Gasteiger partial charge in [-0.3, -0.25) is 9.78 Å². The van der Waals surface area contributed by atoms with Crippen molar-refractivity contribution >= 4 is 23.2 Å². The molecular weight excluding hydrogens is 299 g/mol. The van der Waals surface area contributed by atoms with E-state index in [0.29, 0.717) is 11.5 Å². The van der Waals surface area contributed by atoms with Gasteiger partial charge in [-0.25, -0.2) is 4.39 Å². The van der Waals surface area contributed by atoms with Gasteiger partial charge in [0.25, 0.3) is 5.91 Å². The Hall–Kier alpha value is -2.34. The maximum atomic E-state index is 13.5. The fourth-order valence-electron chi connectivity index (χ4n) is 1.70. The monoisotopic (exact) mass is 310 g/mol. The number of halogens is 2. The molecule has 1 aromatic carbocycles. The van der Waals surface area contributed by atoms with Crippen molar-refractivity contribution in [2.75, 3.05) is 19.5 Å². The van der Waals surface area contributed by atoms with Crippen molar-refractivity contribution in [2.45, 2.75) is 0 Å². The zero-order chi connectivity index (χ0) is 15.4. The molecule has 0 saturated carbocycles. The number of carbonyl (C=O) groups is 1. The van der Waals surface area contributed by atoms with Gasteiger partial charge in [-0.15, -0.1) is 0 Å². The van der Waals surface area contributed by atoms with Gasteiger partial charge in [0, 0.05) is 18.3 Å². The van der Waals surface area contributed by atoms with Crippen LogP contribution in [0.4, 0.5) is 10.1 Å². The van der Waals surface area contributed by atoms with Crippen LogP contribution in [-0.2, 0) is 0 Å². The van der Waals surface area contributed by atoms with Gasteiger partial charge >= 0.3 is 0 Å². The Kier molecular flexibility index (Phi) is 4.59. The Morgan fingerprint density at radius 3 is 2.57 bits per heavy atom. The SMILES string of the molecule is COc1cc(Cl)c(NC(=O)c2ccncc2F)cc1OC. The van der Waals surface area contributed by atoms with Gasteiger partial charge in [0.05, 0.1) is 36.7 Å². The van der Waals surface area contributed by atoms with Crippen LogP contribution in [0.1, 0.15) is 10.4 Å². The van der Waals surface area contributed by atoms with Crippen LogP contribution in [0.25, 0.3) is 0 Å². The molecule has 110 valence electrons. The number of anilines is 1. The number of aromatic nitrogens is 1. The Balaban J connectivity index is 2.31. The number of nitrogens with zero attached hydrogens (tertiary/aromatic N) is 1. The van der Waals surface area contributed by atoms with E-state index in [1.54, 1.807) is 0 Å². The van der Waals surface area contributed by atoms with Crippen LogP contribution in [-0.4, -0.2) is 25.1 Å². The van der Waals surface area contributed by atoms with E-state index in [0.717, 1.165) is 6.20 Å². The molecule has 0 aliphatic rings. The summed E-state index contributed by atoms with van der Waals surface area (Å²) in [5.74, 6) is -0.529. The molecule has 0 fully saturated rings. The molecular formula is C14H12ClFN2O3. The van der Waals surface area contributed by atoms with Crippen molar-refractivity contribution in [3.63, 3.8) is 0 Å². The second kappa shape index (κ2) is 6.41. The summed E-state index contributed by atoms with van der Waals surface area (Å²) in [5.41, 5.74) is 0.159. The molecule has 21 heavy (non-hydrogen) atoms. The first kappa shape index (κ1) is 15.1. The van der Waals surface area contributed by atoms with Gasteiger partial charge in [0.2, 0.25) is 0 Å². The minimum atomic E-state index is -0.716. The molecule has 1 aromatic heterocycles. The molecule has 1 amide bonds. The molecule has 0 saturated heterocycles. The molecule has 0 aliphatic carbocycles. The van der Waals surface area contributed by atoms with Gasteiger partial charge in [-0.1, -0.05) is 11.6 Å². The average Bonchev–Trinajstić information content (AvgIpc) is 2.49. The number of hydrogen-bond acceptors (Lipinski definition) is 4. The maximum Gasteiger partial charge on any atom is 0.258 e. The van der Waals surface area contributed by atoms with E-state index in [9.17, 15) is 9.18 Å². The van der Waals surface area contributed by atoms with Crippen LogP contribution < -0.4 is 14.8 Å². The highest BCUT2D eigenvalue weighted by molar-refractivity contribution is 6.34. The third kappa shape index (κ3) is 3.22. The van der Waals surface area contributed by atoms with Crippen LogP contribution in [0.5, 0.6) is 11.5 Å². The second-order valence-electron chi connectivity index (χ2n) is 4.00. The van der Waals surface area contributed by atoms with E-state index in [1.807, 2.05) is 0 Å². The van der Waals surface area contributed by atoms with Crippen molar-refractivity contribution in [1.82, 2.24) is 4.98 Å². The minimum absolute atomic E-state index is 0.129. The number of amides is 1. The summed E-state index contributed by atoms with van der Waals surface area (Å²) in [4.78, 5) is 15.6. The van der Waals surface area contributed by atoms with E-state index in [4.69, 9.17) is 21.1 Å². The minimum Gasteiger partial charge on any atom is -0.493 e. The number of nitrogens with one attached hydrogen (secondary N) is 1. The lowest BCUT2D eigenvalue weighted by atomic mass is 10.2. The summed E-state index contributed by atoms with van der Waals surface area (Å²) in [6.45, 7) is 0. The topological polar surface area (TPSA) is 60.5 Å². The highest BCUT2D eigenvalue weighted by atomic mass is 35.5. The second-order valence-corrected chi connectivity index (χ2v) is 4.40. The Morgan fingerprint density at radius 2 is 1.95 bits per heavy atom. The highest BCUT2D eigenvalue weighted by Crippen LogP contribution is 2.36. The number of carbonyl (C=O) groups excluding carboxylic acids is 1. The lowest BCUT2D eigenvalue weighted by Gasteiger charge is -2.12. The van der Waals surface area contributed by atoms with Crippen molar-refractivity contribution in [3.8, 4) is 11.5 Å². The van der Waals surface area contributed by atoms with E-state index >= 15 is 0 Å². The van der Waals surface area contributed by atoms with Gasteiger partial charge in [-0.2, -0.15) is 0 Å². The molecule has 0 unspecified atom stereocenters. The number of hydrogen-bond donors (Lipinski definition) is 1. The molecule has 0 aliphatic heterocycles. The van der Waals surface area contributed by atoms with E-state index in [1.165, 1.54) is 38.6 Å². The largest absolute Gasteiger partial charge is 0.493 e. The molecule has 0 radical (unpaired) electrons. The van der Waals surface area contributed by atoms with E-state index in [-0.39, 0.29) is 16.3 Å². The number of ether oxygens (including phenoxy) is 2. The van der Waals surface area contributed by atoms with Crippen LogP contribution in [0, 0.1) is 5.82 Å². The van der Waals surface area contributed by atoms with Gasteiger partial charge in [-0.05, 0) is 6.07 Å². The fraction of sp³-hybridized carbons (Fsp3) is 0.143. The van der Waals surface area contributed by atoms with Crippen LogP contribution in [0.15, 0.2) is 30.6 Å². The predicted octanol–water partition coefficient (Wildman–Crippen LogP) is 3.14. The molecule has 0 spiro atoms. The van der Waals surface area contributed by atoms with Gasteiger partial charge in [0.15, 0.2) is 17.3 Å². The van der Waals surface area contributed by atoms with Crippen LogP contribution >= 0.6 is 11.6 Å². The van der Waals surface area contributed by atoms with Crippen LogP contribution in [0.3, 0.4) is 0 Å². The summed E-state index contributed by atoms with van der Waals surface area (Å²) in [6, 6.07) is 4.27. The Labute approximate surface area is 125 Å². The third-order valence-electron chi connectivity index (χ3n) is 2.74. The molecule has 5 nitrogen and oxygen atoms in total. The summed E-state index contributed by atoms with van der Waals surface area (Å²) in [6.07, 6.45) is 2.29. The third-order valence-corrected chi connectivity index (χ3v) is 3.05. The van der Waals surface area contributed by atoms with Gasteiger partial charge < -0.3 is 14.8 Å². The van der Waals surface area contributed by atoms with Crippen molar-refractivity contribution in [3.05, 3.63) is 47.0 Å². The van der Waals surface area contributed by atoms with Gasteiger partial charge in [0.1, 0.15) is 0 Å². The first-order valence-corrected chi connectivity index (χ1v) is 6.27. The zero-order valence-electron chi connectivity index (χ0n) is 11.3. The molecule has 2 aromatic rings. The number of benzene rings is 1. The van der Waals surface area contributed by atoms with Crippen molar-refractivity contribution in [2.24, 2.45) is 0 Å². The van der Waals surface area contributed by atoms with Crippen molar-refractivity contribution in [1.29, 1.82) is 0 Å². The van der Waals surface area contributed by atoms with E-state index < -0.39 is 11.7 Å². The zero-order valence-corrected chi connectivity index (χ0v) is 12.1. The van der Waals surface area contributed by atoms with E-state index in [2.05, 4.69) is 10.3 Å². The molecule has 2 rings (SSSR count). The standard InChI is InChI=1S/C14H12ClFN2O3/c1-20-12-5-9(15)11(6-13(12)21-2)18-14(19)8-3-4-17-7-10(8)16/h3-7H,1-2H3,(H,18,19). The lowest BCUT2D eigenvalue weighted by molar-refractivity contribution is 0.102. The summed E-state index contributed by atoms with van der Waals surface area (Å²) < 4.78 is 23.7. The summed E-state index contributed by atoms with van der Waals surface area (Å²) in [5, 5.41) is 2.76. The maximum absolute atomic E-state index is 13.5. The quantitative estimate of drug-likeness (QED) is 0.942. The number of rotatable bonds is 4.